The summed E-state index contributed by atoms with van der Waals surface area (Å²) in [4.78, 5) is 24.3. The van der Waals surface area contributed by atoms with E-state index in [1.807, 2.05) is 60.7 Å². The summed E-state index contributed by atoms with van der Waals surface area (Å²) in [5, 5.41) is 5.40. The van der Waals surface area contributed by atoms with E-state index in [9.17, 15) is 9.59 Å². The molecule has 6 nitrogen and oxygen atoms in total. The first-order chi connectivity index (χ1) is 14.1. The maximum absolute atomic E-state index is 12.2. The minimum atomic E-state index is -0.692. The van der Waals surface area contributed by atoms with Crippen molar-refractivity contribution in [3.05, 3.63) is 95.0 Å². The summed E-state index contributed by atoms with van der Waals surface area (Å²) < 4.78 is 10.4. The highest BCUT2D eigenvalue weighted by molar-refractivity contribution is 6.34. The van der Waals surface area contributed by atoms with Gasteiger partial charge in [-0.2, -0.15) is 0 Å². The molecule has 0 spiro atoms. The van der Waals surface area contributed by atoms with Gasteiger partial charge in [-0.25, -0.2) is 9.59 Å². The molecule has 2 N–H and O–H groups in total. The number of halogens is 1. The van der Waals surface area contributed by atoms with Crippen LogP contribution < -0.4 is 10.6 Å². The van der Waals surface area contributed by atoms with Crippen LogP contribution in [0.2, 0.25) is 5.02 Å². The second-order valence-corrected chi connectivity index (χ2v) is 6.44. The van der Waals surface area contributed by atoms with Crippen LogP contribution in [0.4, 0.5) is 21.0 Å². The Kier molecular flexibility index (Phi) is 7.08. The van der Waals surface area contributed by atoms with E-state index in [0.29, 0.717) is 5.69 Å². The first kappa shape index (κ1) is 20.2. The Morgan fingerprint density at radius 2 is 1.21 bits per heavy atom. The van der Waals surface area contributed by atoms with E-state index in [2.05, 4.69) is 10.6 Å². The third kappa shape index (κ3) is 6.26. The lowest BCUT2D eigenvalue weighted by atomic mass is 10.2. The van der Waals surface area contributed by atoms with Crippen LogP contribution in [0, 0.1) is 0 Å². The average molecular weight is 411 g/mol. The van der Waals surface area contributed by atoms with Gasteiger partial charge in [0.2, 0.25) is 0 Å². The van der Waals surface area contributed by atoms with E-state index < -0.39 is 12.2 Å². The molecule has 148 valence electrons. The zero-order valence-corrected chi connectivity index (χ0v) is 16.2. The lowest BCUT2D eigenvalue weighted by Crippen LogP contribution is -2.18. The average Bonchev–Trinajstić information content (AvgIpc) is 2.75. The summed E-state index contributed by atoms with van der Waals surface area (Å²) >= 11 is 6.18. The molecule has 0 bridgehead atoms. The van der Waals surface area contributed by atoms with E-state index >= 15 is 0 Å². The van der Waals surface area contributed by atoms with Gasteiger partial charge in [0.25, 0.3) is 0 Å². The van der Waals surface area contributed by atoms with Gasteiger partial charge in [-0.05, 0) is 23.3 Å². The van der Waals surface area contributed by atoms with E-state index in [-0.39, 0.29) is 23.9 Å². The maximum atomic E-state index is 12.2. The van der Waals surface area contributed by atoms with E-state index in [1.165, 1.54) is 0 Å². The van der Waals surface area contributed by atoms with Gasteiger partial charge in [0, 0.05) is 0 Å². The number of benzene rings is 3. The fourth-order valence-corrected chi connectivity index (χ4v) is 2.71. The summed E-state index contributed by atoms with van der Waals surface area (Å²) in [6, 6.07) is 23.4. The maximum Gasteiger partial charge on any atom is 0.412 e. The molecule has 0 aliphatic rings. The first-order valence-corrected chi connectivity index (χ1v) is 9.23. The molecule has 3 rings (SSSR count). The highest BCUT2D eigenvalue weighted by Crippen LogP contribution is 2.30. The molecule has 3 aromatic rings. The van der Waals surface area contributed by atoms with Gasteiger partial charge in [-0.15, -0.1) is 0 Å². The van der Waals surface area contributed by atoms with Gasteiger partial charge in [0.15, 0.2) is 0 Å². The summed E-state index contributed by atoms with van der Waals surface area (Å²) in [5.41, 5.74) is 2.23. The quantitative estimate of drug-likeness (QED) is 0.535. The van der Waals surface area contributed by atoms with Crippen molar-refractivity contribution in [2.75, 3.05) is 10.6 Å². The van der Waals surface area contributed by atoms with Gasteiger partial charge in [-0.1, -0.05) is 78.3 Å². The predicted octanol–water partition coefficient (Wildman–Crippen LogP) is 5.84. The van der Waals surface area contributed by atoms with E-state index in [1.54, 1.807) is 18.2 Å². The number of carbonyl (C=O) groups is 2. The van der Waals surface area contributed by atoms with Crippen LogP contribution in [-0.4, -0.2) is 12.2 Å². The molecule has 0 unspecified atom stereocenters. The lowest BCUT2D eigenvalue weighted by Gasteiger charge is -2.14. The fourth-order valence-electron chi connectivity index (χ4n) is 2.49. The summed E-state index contributed by atoms with van der Waals surface area (Å²) in [6.45, 7) is 0.230. The molecule has 0 fully saturated rings. The number of para-hydroxylation sites is 1. The molecule has 2 amide bonds. The normalized spacial score (nSPS) is 10.1. The fraction of sp³-hybridized carbons (Fsp3) is 0.0909. The van der Waals surface area contributed by atoms with Gasteiger partial charge >= 0.3 is 12.2 Å². The number of hydrogen-bond acceptors (Lipinski definition) is 4. The van der Waals surface area contributed by atoms with Crippen molar-refractivity contribution in [1.82, 2.24) is 0 Å². The molecule has 7 heteroatoms. The third-order valence-corrected chi connectivity index (χ3v) is 4.22. The Balaban J connectivity index is 1.59. The highest BCUT2D eigenvalue weighted by atomic mass is 35.5. The van der Waals surface area contributed by atoms with Crippen molar-refractivity contribution in [3.63, 3.8) is 0 Å². The van der Waals surface area contributed by atoms with Crippen molar-refractivity contribution in [2.45, 2.75) is 13.2 Å². The monoisotopic (exact) mass is 410 g/mol. The van der Waals surface area contributed by atoms with Gasteiger partial charge in [0.05, 0.1) is 16.4 Å². The lowest BCUT2D eigenvalue weighted by molar-refractivity contribution is 0.154. The third-order valence-electron chi connectivity index (χ3n) is 3.90. The minimum Gasteiger partial charge on any atom is -0.444 e. The number of carbonyl (C=O) groups excluding carboxylic acids is 2. The molecular formula is C22H19ClN2O4. The van der Waals surface area contributed by atoms with Gasteiger partial charge < -0.3 is 9.47 Å². The smallest absolute Gasteiger partial charge is 0.412 e. The highest BCUT2D eigenvalue weighted by Gasteiger charge is 2.14. The Morgan fingerprint density at radius 3 is 1.76 bits per heavy atom. The van der Waals surface area contributed by atoms with Crippen LogP contribution in [0.15, 0.2) is 78.9 Å². The number of rotatable bonds is 6. The van der Waals surface area contributed by atoms with Gasteiger partial charge in [-0.3, -0.25) is 10.6 Å². The van der Waals surface area contributed by atoms with Crippen LogP contribution in [0.5, 0.6) is 0 Å². The van der Waals surface area contributed by atoms with Crippen LogP contribution in [-0.2, 0) is 22.7 Å². The van der Waals surface area contributed by atoms with E-state index in [0.717, 1.165) is 11.1 Å². The number of anilines is 2. The number of amides is 2. The molecule has 0 aliphatic heterocycles. The van der Waals surface area contributed by atoms with Gasteiger partial charge in [0.1, 0.15) is 13.2 Å². The second kappa shape index (κ2) is 10.1. The molecule has 0 saturated heterocycles. The van der Waals surface area contributed by atoms with Crippen molar-refractivity contribution >= 4 is 35.2 Å². The number of hydrogen-bond donors (Lipinski definition) is 2. The standard InChI is InChI=1S/C22H19ClN2O4/c23-18-12-7-13-19(24-21(26)28-14-16-8-3-1-4-9-16)20(18)25-22(27)29-15-17-10-5-2-6-11-17/h1-13H,14-15H2,(H,24,26)(H,25,27). The van der Waals surface area contributed by atoms with Crippen molar-refractivity contribution in [2.24, 2.45) is 0 Å². The second-order valence-electron chi connectivity index (χ2n) is 6.04. The SMILES string of the molecule is O=C(Nc1cccc(Cl)c1NC(=O)OCc1ccccc1)OCc1ccccc1. The molecule has 0 atom stereocenters. The molecule has 0 aromatic heterocycles. The van der Waals surface area contributed by atoms with Crippen LogP contribution >= 0.6 is 11.6 Å². The zero-order valence-electron chi connectivity index (χ0n) is 15.4. The van der Waals surface area contributed by atoms with Crippen LogP contribution in [0.25, 0.3) is 0 Å². The first-order valence-electron chi connectivity index (χ1n) is 8.86. The van der Waals surface area contributed by atoms with Crippen molar-refractivity contribution in [3.8, 4) is 0 Å². The molecule has 0 saturated carbocycles. The molecule has 29 heavy (non-hydrogen) atoms. The Labute approximate surface area is 173 Å². The summed E-state index contributed by atoms with van der Waals surface area (Å²) in [5.74, 6) is 0. The number of ether oxygens (including phenoxy) is 2. The summed E-state index contributed by atoms with van der Waals surface area (Å²) in [6.07, 6.45) is -1.36. The van der Waals surface area contributed by atoms with E-state index in [4.69, 9.17) is 21.1 Å². The van der Waals surface area contributed by atoms with Crippen molar-refractivity contribution in [1.29, 1.82) is 0 Å². The Hall–Kier alpha value is -3.51. The van der Waals surface area contributed by atoms with Crippen LogP contribution in [0.3, 0.4) is 0 Å². The summed E-state index contributed by atoms with van der Waals surface area (Å²) in [7, 11) is 0. The number of nitrogens with one attached hydrogen (secondary N) is 2. The molecular weight excluding hydrogens is 392 g/mol. The van der Waals surface area contributed by atoms with Crippen LogP contribution in [0.1, 0.15) is 11.1 Å². The molecule has 0 heterocycles. The molecule has 3 aromatic carbocycles. The predicted molar refractivity (Wildman–Crippen MR) is 112 cm³/mol. The van der Waals surface area contributed by atoms with Crippen molar-refractivity contribution < 1.29 is 19.1 Å². The zero-order chi connectivity index (χ0) is 20.5. The largest absolute Gasteiger partial charge is 0.444 e. The topological polar surface area (TPSA) is 76.7 Å². The molecule has 0 radical (unpaired) electrons. The molecule has 0 aliphatic carbocycles. The Morgan fingerprint density at radius 1 is 0.690 bits per heavy atom. The Bertz CT molecular complexity index is 965. The minimum absolute atomic E-state index is 0.110.